The highest BCUT2D eigenvalue weighted by Gasteiger charge is 2.33. The molecule has 3 aromatic carbocycles. The normalized spacial score (nSPS) is 12.6. The number of anilines is 1. The van der Waals surface area contributed by atoms with Crippen molar-refractivity contribution >= 4 is 39.1 Å². The number of rotatable bonds is 13. The van der Waals surface area contributed by atoms with E-state index in [4.69, 9.17) is 21.1 Å². The Morgan fingerprint density at radius 1 is 0.927 bits per heavy atom. The quantitative estimate of drug-likeness (QED) is 0.299. The van der Waals surface area contributed by atoms with Crippen molar-refractivity contribution in [3.05, 3.63) is 83.4 Å². The van der Waals surface area contributed by atoms with Crippen LogP contribution >= 0.6 is 11.6 Å². The van der Waals surface area contributed by atoms with Crippen LogP contribution in [0.3, 0.4) is 0 Å². The van der Waals surface area contributed by atoms with Crippen molar-refractivity contribution in [1.82, 2.24) is 10.2 Å². The maximum atomic E-state index is 14.0. The summed E-state index contributed by atoms with van der Waals surface area (Å²) in [6.07, 6.45) is 0.717. The van der Waals surface area contributed by atoms with E-state index in [2.05, 4.69) is 5.32 Å². The molecule has 2 amide bonds. The molecular weight excluding hydrogens is 566 g/mol. The summed E-state index contributed by atoms with van der Waals surface area (Å²) < 4.78 is 39.6. The first-order chi connectivity index (χ1) is 19.5. The second-order valence-electron chi connectivity index (χ2n) is 9.51. The van der Waals surface area contributed by atoms with Gasteiger partial charge in [-0.2, -0.15) is 0 Å². The third-order valence-corrected chi connectivity index (χ3v) is 8.72. The Kier molecular flexibility index (Phi) is 11.0. The first-order valence-electron chi connectivity index (χ1n) is 13.2. The molecule has 0 unspecified atom stereocenters. The Balaban J connectivity index is 2.03. The van der Waals surface area contributed by atoms with E-state index in [0.29, 0.717) is 16.5 Å². The summed E-state index contributed by atoms with van der Waals surface area (Å²) in [5.74, 6) is -0.299. The van der Waals surface area contributed by atoms with E-state index >= 15 is 0 Å². The highest BCUT2D eigenvalue weighted by atomic mass is 35.5. The molecule has 41 heavy (non-hydrogen) atoms. The predicted octanol–water partition coefficient (Wildman–Crippen LogP) is 4.88. The molecule has 9 nitrogen and oxygen atoms in total. The van der Waals surface area contributed by atoms with Crippen LogP contribution in [-0.4, -0.2) is 58.0 Å². The molecule has 0 radical (unpaired) electrons. The van der Waals surface area contributed by atoms with Gasteiger partial charge in [-0.25, -0.2) is 8.42 Å². The fourth-order valence-corrected chi connectivity index (χ4v) is 5.62. The first-order valence-corrected chi connectivity index (χ1v) is 15.0. The van der Waals surface area contributed by atoms with E-state index in [1.807, 2.05) is 13.8 Å². The zero-order valence-electron chi connectivity index (χ0n) is 23.8. The molecule has 3 aromatic rings. The van der Waals surface area contributed by atoms with Crippen LogP contribution in [0.5, 0.6) is 11.5 Å². The summed E-state index contributed by atoms with van der Waals surface area (Å²) in [6, 6.07) is 18.5. The van der Waals surface area contributed by atoms with Gasteiger partial charge in [0.25, 0.3) is 10.0 Å². The summed E-state index contributed by atoms with van der Waals surface area (Å²) in [6.45, 7) is 4.98. The minimum atomic E-state index is -4.26. The number of amides is 2. The number of hydrogen-bond acceptors (Lipinski definition) is 6. The topological polar surface area (TPSA) is 105 Å². The predicted molar refractivity (Wildman–Crippen MR) is 160 cm³/mol. The molecule has 0 heterocycles. The van der Waals surface area contributed by atoms with Crippen LogP contribution in [0.4, 0.5) is 5.69 Å². The molecule has 0 aliphatic carbocycles. The lowest BCUT2D eigenvalue weighted by Gasteiger charge is -2.32. The van der Waals surface area contributed by atoms with E-state index < -0.39 is 28.5 Å². The van der Waals surface area contributed by atoms with Gasteiger partial charge in [0, 0.05) is 23.7 Å². The molecule has 220 valence electrons. The van der Waals surface area contributed by atoms with Crippen molar-refractivity contribution in [3.63, 3.8) is 0 Å². The van der Waals surface area contributed by atoms with Crippen molar-refractivity contribution in [1.29, 1.82) is 0 Å². The molecule has 0 bridgehead atoms. The molecule has 2 atom stereocenters. The monoisotopic (exact) mass is 601 g/mol. The van der Waals surface area contributed by atoms with Gasteiger partial charge in [-0.3, -0.25) is 13.9 Å². The number of benzene rings is 3. The SMILES string of the molecule is CC[C@H](C)NC(=O)[C@H](C)N(Cc1ccc(Cl)cc1)C(=O)CN(c1ccccc1)S(=O)(=O)c1ccc(OC)c(OC)c1. The fraction of sp³-hybridized carbons (Fsp3) is 0.333. The van der Waals surface area contributed by atoms with Crippen LogP contribution in [0, 0.1) is 0 Å². The molecule has 0 aliphatic heterocycles. The smallest absolute Gasteiger partial charge is 0.264 e. The average Bonchev–Trinajstić information content (AvgIpc) is 2.98. The zero-order valence-corrected chi connectivity index (χ0v) is 25.4. The maximum absolute atomic E-state index is 14.0. The van der Waals surface area contributed by atoms with Gasteiger partial charge < -0.3 is 19.7 Å². The second-order valence-corrected chi connectivity index (χ2v) is 11.8. The van der Waals surface area contributed by atoms with Gasteiger partial charge in [-0.1, -0.05) is 48.9 Å². The van der Waals surface area contributed by atoms with Gasteiger partial charge in [0.15, 0.2) is 11.5 Å². The largest absolute Gasteiger partial charge is 0.493 e. The number of nitrogens with one attached hydrogen (secondary N) is 1. The van der Waals surface area contributed by atoms with Crippen LogP contribution in [0.1, 0.15) is 32.8 Å². The van der Waals surface area contributed by atoms with Gasteiger partial charge in [0.2, 0.25) is 11.8 Å². The van der Waals surface area contributed by atoms with Crippen LogP contribution in [0.15, 0.2) is 77.7 Å². The molecule has 0 fully saturated rings. The minimum absolute atomic E-state index is 0.0735. The fourth-order valence-electron chi connectivity index (χ4n) is 4.06. The molecule has 0 aromatic heterocycles. The van der Waals surface area contributed by atoms with Gasteiger partial charge >= 0.3 is 0 Å². The molecule has 0 saturated carbocycles. The number of nitrogens with zero attached hydrogens (tertiary/aromatic N) is 2. The zero-order chi connectivity index (χ0) is 30.2. The first kappa shape index (κ1) is 31.8. The molecule has 3 rings (SSSR count). The number of methoxy groups -OCH3 is 2. The van der Waals surface area contributed by atoms with Crippen molar-refractivity contribution in [2.45, 2.75) is 50.7 Å². The lowest BCUT2D eigenvalue weighted by atomic mass is 10.1. The number of halogens is 1. The summed E-state index contributed by atoms with van der Waals surface area (Å²) in [5.41, 5.74) is 1.03. The Labute approximate surface area is 247 Å². The number of sulfonamides is 1. The lowest BCUT2D eigenvalue weighted by molar-refractivity contribution is -0.139. The number of para-hydroxylation sites is 1. The summed E-state index contributed by atoms with van der Waals surface area (Å²) in [7, 11) is -1.39. The molecule has 0 spiro atoms. The molecule has 0 saturated heterocycles. The van der Waals surface area contributed by atoms with E-state index in [0.717, 1.165) is 16.3 Å². The lowest BCUT2D eigenvalue weighted by Crippen LogP contribution is -2.52. The number of carbonyl (C=O) groups excluding carboxylic acids is 2. The van der Waals surface area contributed by atoms with Gasteiger partial charge in [-0.15, -0.1) is 0 Å². The highest BCUT2D eigenvalue weighted by molar-refractivity contribution is 7.92. The van der Waals surface area contributed by atoms with Gasteiger partial charge in [0.05, 0.1) is 24.8 Å². The van der Waals surface area contributed by atoms with Gasteiger partial charge in [0.1, 0.15) is 12.6 Å². The van der Waals surface area contributed by atoms with Crippen LogP contribution in [0.25, 0.3) is 0 Å². The molecular formula is C30H36ClN3O6S. The molecule has 0 aliphatic rings. The Bertz CT molecular complexity index is 1430. The van der Waals surface area contributed by atoms with Crippen molar-refractivity contribution < 1.29 is 27.5 Å². The molecule has 1 N–H and O–H groups in total. The van der Waals surface area contributed by atoms with E-state index in [-0.39, 0.29) is 29.1 Å². The van der Waals surface area contributed by atoms with Crippen molar-refractivity contribution in [2.24, 2.45) is 0 Å². The van der Waals surface area contributed by atoms with E-state index in [9.17, 15) is 18.0 Å². The third kappa shape index (κ3) is 7.92. The number of hydrogen-bond donors (Lipinski definition) is 1. The van der Waals surface area contributed by atoms with Crippen LogP contribution in [0.2, 0.25) is 5.02 Å². The number of ether oxygens (including phenoxy) is 2. The van der Waals surface area contributed by atoms with Crippen molar-refractivity contribution in [3.8, 4) is 11.5 Å². The third-order valence-electron chi connectivity index (χ3n) is 6.70. The Hall–Kier alpha value is -3.76. The highest BCUT2D eigenvalue weighted by Crippen LogP contribution is 2.32. The summed E-state index contributed by atoms with van der Waals surface area (Å²) in [5, 5.41) is 3.45. The van der Waals surface area contributed by atoms with E-state index in [1.165, 1.54) is 37.3 Å². The number of carbonyl (C=O) groups is 2. The Morgan fingerprint density at radius 3 is 2.15 bits per heavy atom. The molecule has 11 heteroatoms. The van der Waals surface area contributed by atoms with E-state index in [1.54, 1.807) is 61.5 Å². The van der Waals surface area contributed by atoms with Crippen LogP contribution in [-0.2, 0) is 26.2 Å². The second kappa shape index (κ2) is 14.2. The van der Waals surface area contributed by atoms with Crippen LogP contribution < -0.4 is 19.1 Å². The summed E-state index contributed by atoms with van der Waals surface area (Å²) >= 11 is 6.05. The van der Waals surface area contributed by atoms with Gasteiger partial charge in [-0.05, 0) is 62.2 Å². The maximum Gasteiger partial charge on any atom is 0.264 e. The average molecular weight is 602 g/mol. The summed E-state index contributed by atoms with van der Waals surface area (Å²) in [4.78, 5) is 28.4. The Morgan fingerprint density at radius 2 is 1.56 bits per heavy atom. The van der Waals surface area contributed by atoms with Crippen molar-refractivity contribution in [2.75, 3.05) is 25.1 Å². The minimum Gasteiger partial charge on any atom is -0.493 e. The standard InChI is InChI=1S/C30H36ClN3O6S/c1-6-21(2)32-30(36)22(3)33(19-23-12-14-24(31)15-13-23)29(35)20-34(25-10-8-7-9-11-25)41(37,38)26-16-17-27(39-4)28(18-26)40-5/h7-18,21-22H,6,19-20H2,1-5H3,(H,32,36)/t21-,22-/m0/s1.